The highest BCUT2D eigenvalue weighted by molar-refractivity contribution is 5.62. The average molecular weight is 387 g/mol. The van der Waals surface area contributed by atoms with Gasteiger partial charge in [-0.05, 0) is 30.0 Å². The highest BCUT2D eigenvalue weighted by Gasteiger charge is 2.37. The number of anilines is 1. The first-order chi connectivity index (χ1) is 14.0. The lowest BCUT2D eigenvalue weighted by molar-refractivity contribution is 0.351. The Hall–Kier alpha value is -3.68. The Morgan fingerprint density at radius 1 is 0.897 bits per heavy atom. The van der Waals surface area contributed by atoms with Crippen LogP contribution in [0, 0.1) is 5.92 Å². The summed E-state index contributed by atoms with van der Waals surface area (Å²) in [5.74, 6) is 1.55. The summed E-state index contributed by atoms with van der Waals surface area (Å²) >= 11 is 0. The molecule has 29 heavy (non-hydrogen) atoms. The maximum atomic E-state index is 5.58. The van der Waals surface area contributed by atoms with E-state index >= 15 is 0 Å². The molecule has 0 amide bonds. The summed E-state index contributed by atoms with van der Waals surface area (Å²) in [5.41, 5.74) is 8.89. The van der Waals surface area contributed by atoms with Crippen LogP contribution in [0.15, 0.2) is 59.6 Å². The van der Waals surface area contributed by atoms with Gasteiger partial charge in [0.25, 0.3) is 5.89 Å². The van der Waals surface area contributed by atoms with Crippen molar-refractivity contribution in [3.63, 3.8) is 0 Å². The average Bonchev–Trinajstić information content (AvgIpc) is 3.25. The minimum Gasteiger partial charge on any atom is -0.368 e. The Bertz CT molecular complexity index is 1090. The number of rotatable bonds is 5. The van der Waals surface area contributed by atoms with Gasteiger partial charge in [-0.25, -0.2) is 9.97 Å². The fraction of sp³-hybridized carbons (Fsp3) is 0.238. The van der Waals surface area contributed by atoms with Crippen molar-refractivity contribution in [2.45, 2.75) is 26.2 Å². The predicted octanol–water partition coefficient (Wildman–Crippen LogP) is 3.53. The molecule has 4 aromatic rings. The summed E-state index contributed by atoms with van der Waals surface area (Å²) in [6.45, 7) is 6.41. The Labute approximate surface area is 168 Å². The van der Waals surface area contributed by atoms with Crippen LogP contribution in [0.1, 0.15) is 32.2 Å². The summed E-state index contributed by atoms with van der Waals surface area (Å²) in [7, 11) is 0. The zero-order valence-corrected chi connectivity index (χ0v) is 16.4. The number of aromatic nitrogens is 6. The van der Waals surface area contributed by atoms with E-state index in [-0.39, 0.29) is 11.9 Å². The molecule has 0 aliphatic heterocycles. The Balaban J connectivity index is 1.70. The standard InChI is InChI=1S/C21H21N7O/c1-13(2)21(3,19-27-18(29-28-19)15-8-9-25-26-12-15)17-6-4-14(5-7-17)16-10-23-20(22)24-11-16/h4-13H,1-3H3,(H2,22,23,24). The minimum absolute atomic E-state index is 0.231. The molecule has 0 bridgehead atoms. The van der Waals surface area contributed by atoms with Crippen LogP contribution in [0.25, 0.3) is 22.6 Å². The summed E-state index contributed by atoms with van der Waals surface area (Å²) in [6.07, 6.45) is 6.63. The molecule has 146 valence electrons. The number of nitrogen functional groups attached to an aromatic ring is 1. The second-order valence-corrected chi connectivity index (χ2v) is 7.32. The zero-order chi connectivity index (χ0) is 20.4. The second-order valence-electron chi connectivity index (χ2n) is 7.32. The van der Waals surface area contributed by atoms with Gasteiger partial charge in [0.1, 0.15) is 0 Å². The van der Waals surface area contributed by atoms with Gasteiger partial charge in [-0.3, -0.25) is 0 Å². The molecule has 8 heteroatoms. The number of hydrogen-bond acceptors (Lipinski definition) is 8. The molecule has 2 N–H and O–H groups in total. The van der Waals surface area contributed by atoms with Crippen molar-refractivity contribution in [2.75, 3.05) is 5.73 Å². The third-order valence-corrected chi connectivity index (χ3v) is 5.37. The van der Waals surface area contributed by atoms with Gasteiger partial charge in [-0.15, -0.1) is 0 Å². The van der Waals surface area contributed by atoms with Crippen LogP contribution < -0.4 is 5.73 Å². The van der Waals surface area contributed by atoms with Gasteiger partial charge in [-0.1, -0.05) is 43.3 Å². The van der Waals surface area contributed by atoms with Crippen LogP contribution in [0.3, 0.4) is 0 Å². The lowest BCUT2D eigenvalue weighted by atomic mass is 9.72. The Kier molecular flexibility index (Phi) is 4.75. The van der Waals surface area contributed by atoms with Crippen LogP contribution in [-0.4, -0.2) is 30.3 Å². The normalized spacial score (nSPS) is 13.4. The topological polar surface area (TPSA) is 116 Å². The number of nitrogens with zero attached hydrogens (tertiary/aromatic N) is 6. The van der Waals surface area contributed by atoms with Crippen LogP contribution in [0.4, 0.5) is 5.95 Å². The van der Waals surface area contributed by atoms with Crippen LogP contribution in [0.5, 0.6) is 0 Å². The van der Waals surface area contributed by atoms with E-state index in [9.17, 15) is 0 Å². The number of nitrogens with two attached hydrogens (primary N) is 1. The smallest absolute Gasteiger partial charge is 0.259 e. The summed E-state index contributed by atoms with van der Waals surface area (Å²) < 4.78 is 5.52. The molecule has 3 aromatic heterocycles. The maximum Gasteiger partial charge on any atom is 0.259 e. The van der Waals surface area contributed by atoms with Gasteiger partial charge < -0.3 is 10.3 Å². The molecule has 0 spiro atoms. The molecule has 0 saturated heterocycles. The molecule has 0 fully saturated rings. The fourth-order valence-electron chi connectivity index (χ4n) is 3.19. The van der Waals surface area contributed by atoms with Crippen LogP contribution in [0.2, 0.25) is 0 Å². The molecule has 8 nitrogen and oxygen atoms in total. The van der Waals surface area contributed by atoms with E-state index in [0.717, 1.165) is 22.3 Å². The highest BCUT2D eigenvalue weighted by atomic mass is 16.5. The summed E-state index contributed by atoms with van der Waals surface area (Å²) in [5, 5.41) is 11.9. The molecule has 3 heterocycles. The van der Waals surface area contributed by atoms with E-state index in [2.05, 4.69) is 63.2 Å². The van der Waals surface area contributed by atoms with E-state index in [1.807, 2.05) is 12.1 Å². The lowest BCUT2D eigenvalue weighted by Gasteiger charge is -2.31. The lowest BCUT2D eigenvalue weighted by Crippen LogP contribution is -2.31. The van der Waals surface area contributed by atoms with Crippen molar-refractivity contribution in [1.29, 1.82) is 0 Å². The van der Waals surface area contributed by atoms with Gasteiger partial charge in [0, 0.05) is 18.0 Å². The highest BCUT2D eigenvalue weighted by Crippen LogP contribution is 2.38. The SMILES string of the molecule is CC(C)C(C)(c1ccc(-c2cnc(N)nc2)cc1)c1noc(-c2ccnnc2)n1. The van der Waals surface area contributed by atoms with E-state index in [0.29, 0.717) is 11.7 Å². The van der Waals surface area contributed by atoms with Gasteiger partial charge in [0.2, 0.25) is 5.95 Å². The first kappa shape index (κ1) is 18.7. The van der Waals surface area contributed by atoms with E-state index in [4.69, 9.17) is 10.3 Å². The molecule has 0 saturated carbocycles. The van der Waals surface area contributed by atoms with Gasteiger partial charge in [0.15, 0.2) is 5.82 Å². The molecule has 0 aliphatic carbocycles. The van der Waals surface area contributed by atoms with Crippen molar-refractivity contribution in [3.05, 3.63) is 66.5 Å². The molecule has 1 unspecified atom stereocenters. The van der Waals surface area contributed by atoms with Crippen molar-refractivity contribution in [2.24, 2.45) is 5.92 Å². The predicted molar refractivity (Wildman–Crippen MR) is 108 cm³/mol. The van der Waals surface area contributed by atoms with Crippen molar-refractivity contribution in [1.82, 2.24) is 30.3 Å². The summed E-state index contributed by atoms with van der Waals surface area (Å²) in [4.78, 5) is 12.8. The second kappa shape index (κ2) is 7.38. The Morgan fingerprint density at radius 2 is 1.62 bits per heavy atom. The summed E-state index contributed by atoms with van der Waals surface area (Å²) in [6, 6.07) is 10.0. The first-order valence-corrected chi connectivity index (χ1v) is 9.28. The van der Waals surface area contributed by atoms with Crippen LogP contribution >= 0.6 is 0 Å². The third kappa shape index (κ3) is 3.44. The largest absolute Gasteiger partial charge is 0.368 e. The quantitative estimate of drug-likeness (QED) is 0.553. The van der Waals surface area contributed by atoms with Gasteiger partial charge in [0.05, 0.1) is 23.4 Å². The van der Waals surface area contributed by atoms with Crippen molar-refractivity contribution < 1.29 is 4.52 Å². The molecule has 4 rings (SSSR count). The van der Waals surface area contributed by atoms with E-state index < -0.39 is 5.41 Å². The van der Waals surface area contributed by atoms with E-state index in [1.165, 1.54) is 0 Å². The molecule has 0 aliphatic rings. The molecule has 1 aromatic carbocycles. The third-order valence-electron chi connectivity index (χ3n) is 5.37. The monoisotopic (exact) mass is 387 g/mol. The molecule has 0 radical (unpaired) electrons. The first-order valence-electron chi connectivity index (χ1n) is 9.28. The number of hydrogen-bond donors (Lipinski definition) is 1. The van der Waals surface area contributed by atoms with E-state index in [1.54, 1.807) is 30.9 Å². The minimum atomic E-state index is -0.432. The zero-order valence-electron chi connectivity index (χ0n) is 16.4. The van der Waals surface area contributed by atoms with Crippen molar-refractivity contribution >= 4 is 5.95 Å². The molecular weight excluding hydrogens is 366 g/mol. The maximum absolute atomic E-state index is 5.58. The number of benzene rings is 1. The molecule has 1 atom stereocenters. The van der Waals surface area contributed by atoms with Crippen LogP contribution in [-0.2, 0) is 5.41 Å². The Morgan fingerprint density at radius 3 is 2.24 bits per heavy atom. The molecular formula is C21H21N7O. The van der Waals surface area contributed by atoms with Crippen molar-refractivity contribution in [3.8, 4) is 22.6 Å². The van der Waals surface area contributed by atoms with Gasteiger partial charge in [-0.2, -0.15) is 15.2 Å². The van der Waals surface area contributed by atoms with Gasteiger partial charge >= 0.3 is 0 Å². The fourth-order valence-corrected chi connectivity index (χ4v) is 3.19.